The first-order valence-electron chi connectivity index (χ1n) is 9.93. The van der Waals surface area contributed by atoms with E-state index in [2.05, 4.69) is 19.8 Å². The average Bonchev–Trinajstić information content (AvgIpc) is 2.73. The summed E-state index contributed by atoms with van der Waals surface area (Å²) in [4.78, 5) is 28.1. The van der Waals surface area contributed by atoms with Crippen molar-refractivity contribution in [2.45, 2.75) is 6.04 Å². The number of benzene rings is 2. The molecule has 3 heterocycles. The van der Waals surface area contributed by atoms with Gasteiger partial charge >= 0.3 is 0 Å². The molecule has 2 aliphatic rings. The number of anilines is 1. The molecule has 0 atom stereocenters. The number of likely N-dealkylation sites (tertiary alicyclic amines) is 1. The van der Waals surface area contributed by atoms with Gasteiger partial charge in [0.15, 0.2) is 0 Å². The third-order valence-corrected chi connectivity index (χ3v) is 5.84. The molecule has 1 aromatic heterocycles. The fourth-order valence-corrected chi connectivity index (χ4v) is 4.07. The van der Waals surface area contributed by atoms with Crippen LogP contribution in [0.2, 0.25) is 0 Å². The molecular formula is C22H22FN5O. The summed E-state index contributed by atoms with van der Waals surface area (Å²) >= 11 is 0. The Kier molecular flexibility index (Phi) is 4.60. The summed E-state index contributed by atoms with van der Waals surface area (Å²) in [6, 6.07) is 14.6. The van der Waals surface area contributed by atoms with E-state index in [-0.39, 0.29) is 11.7 Å². The number of nitrogens with zero attached hydrogens (tertiary/aromatic N) is 5. The second kappa shape index (κ2) is 7.40. The predicted octanol–water partition coefficient (Wildman–Crippen LogP) is 2.42. The zero-order valence-electron chi connectivity index (χ0n) is 16.0. The molecule has 0 spiro atoms. The molecule has 0 radical (unpaired) electrons. The molecular weight excluding hydrogens is 369 g/mol. The van der Waals surface area contributed by atoms with Gasteiger partial charge in [-0.15, -0.1) is 0 Å². The van der Waals surface area contributed by atoms with Crippen LogP contribution in [0.15, 0.2) is 54.7 Å². The molecule has 0 saturated carbocycles. The number of para-hydroxylation sites is 2. The lowest BCUT2D eigenvalue weighted by molar-refractivity contribution is 0.0242. The molecule has 0 unspecified atom stereocenters. The molecule has 5 rings (SSSR count). The molecule has 6 nitrogen and oxygen atoms in total. The Balaban J connectivity index is 1.16. The van der Waals surface area contributed by atoms with Crippen molar-refractivity contribution in [3.8, 4) is 0 Å². The highest BCUT2D eigenvalue weighted by Gasteiger charge is 2.36. The molecule has 1 amide bonds. The lowest BCUT2D eigenvalue weighted by Crippen LogP contribution is -2.64. The van der Waals surface area contributed by atoms with Crippen molar-refractivity contribution in [1.82, 2.24) is 19.8 Å². The van der Waals surface area contributed by atoms with E-state index in [1.54, 1.807) is 6.20 Å². The van der Waals surface area contributed by atoms with Crippen LogP contribution in [0.4, 0.5) is 10.1 Å². The minimum Gasteiger partial charge on any atom is -0.369 e. The van der Waals surface area contributed by atoms with Gasteiger partial charge in [-0.2, -0.15) is 0 Å². The van der Waals surface area contributed by atoms with E-state index in [4.69, 9.17) is 0 Å². The van der Waals surface area contributed by atoms with E-state index in [0.717, 1.165) is 56.0 Å². The van der Waals surface area contributed by atoms with Gasteiger partial charge in [-0.1, -0.05) is 12.1 Å². The van der Waals surface area contributed by atoms with E-state index < -0.39 is 0 Å². The zero-order valence-corrected chi connectivity index (χ0v) is 16.0. The summed E-state index contributed by atoms with van der Waals surface area (Å²) in [6.07, 6.45) is 1.57. The van der Waals surface area contributed by atoms with Gasteiger partial charge in [0.2, 0.25) is 0 Å². The number of aromatic nitrogens is 2. The van der Waals surface area contributed by atoms with Gasteiger partial charge in [0.05, 0.1) is 17.2 Å². The quantitative estimate of drug-likeness (QED) is 0.686. The van der Waals surface area contributed by atoms with E-state index in [1.807, 2.05) is 41.3 Å². The van der Waals surface area contributed by atoms with Crippen LogP contribution in [-0.2, 0) is 0 Å². The minimum absolute atomic E-state index is 0.0514. The normalized spacial score (nSPS) is 18.1. The maximum absolute atomic E-state index is 13.1. The van der Waals surface area contributed by atoms with Crippen molar-refractivity contribution < 1.29 is 9.18 Å². The lowest BCUT2D eigenvalue weighted by atomic mass is 10.1. The first-order chi connectivity index (χ1) is 14.2. The molecule has 0 aliphatic carbocycles. The van der Waals surface area contributed by atoms with Crippen molar-refractivity contribution in [2.75, 3.05) is 44.2 Å². The predicted molar refractivity (Wildman–Crippen MR) is 109 cm³/mol. The highest BCUT2D eigenvalue weighted by atomic mass is 19.1. The fraction of sp³-hybridized carbons (Fsp3) is 0.318. The number of fused-ring (bicyclic) bond motifs is 1. The van der Waals surface area contributed by atoms with Gasteiger partial charge in [0.25, 0.3) is 5.91 Å². The van der Waals surface area contributed by atoms with Gasteiger partial charge in [-0.25, -0.2) is 9.37 Å². The smallest absolute Gasteiger partial charge is 0.274 e. The molecule has 7 heteroatoms. The van der Waals surface area contributed by atoms with E-state index in [0.29, 0.717) is 11.7 Å². The van der Waals surface area contributed by atoms with Crippen molar-refractivity contribution in [3.63, 3.8) is 0 Å². The molecule has 2 aromatic carbocycles. The van der Waals surface area contributed by atoms with Gasteiger partial charge in [0, 0.05) is 51.0 Å². The summed E-state index contributed by atoms with van der Waals surface area (Å²) < 4.78 is 13.1. The number of rotatable bonds is 3. The number of piperazine rings is 1. The van der Waals surface area contributed by atoms with Gasteiger partial charge in [-0.05, 0) is 36.4 Å². The van der Waals surface area contributed by atoms with Crippen LogP contribution >= 0.6 is 0 Å². The van der Waals surface area contributed by atoms with Crippen LogP contribution < -0.4 is 4.90 Å². The average molecular weight is 391 g/mol. The molecule has 0 N–H and O–H groups in total. The van der Waals surface area contributed by atoms with Crippen molar-refractivity contribution in [2.24, 2.45) is 0 Å². The van der Waals surface area contributed by atoms with Crippen LogP contribution in [0.25, 0.3) is 11.0 Å². The summed E-state index contributed by atoms with van der Waals surface area (Å²) in [5, 5.41) is 0. The highest BCUT2D eigenvalue weighted by Crippen LogP contribution is 2.22. The molecule has 148 valence electrons. The Morgan fingerprint density at radius 1 is 0.931 bits per heavy atom. The lowest BCUT2D eigenvalue weighted by Gasteiger charge is -2.48. The Hall–Kier alpha value is -3.06. The summed E-state index contributed by atoms with van der Waals surface area (Å²) in [6.45, 7) is 5.16. The summed E-state index contributed by atoms with van der Waals surface area (Å²) in [7, 11) is 0. The van der Waals surface area contributed by atoms with Crippen LogP contribution in [-0.4, -0.2) is 71.0 Å². The number of carbonyl (C=O) groups excluding carboxylic acids is 1. The Bertz CT molecular complexity index is 1030. The van der Waals surface area contributed by atoms with E-state index >= 15 is 0 Å². The minimum atomic E-state index is -0.206. The topological polar surface area (TPSA) is 52.6 Å². The number of halogens is 1. The maximum Gasteiger partial charge on any atom is 0.274 e. The Morgan fingerprint density at radius 3 is 2.34 bits per heavy atom. The standard InChI is InChI=1S/C22H22FN5O/c23-16-5-7-17(8-6-16)26-9-11-27(12-10-26)18-14-28(15-18)22(29)21-13-24-19-3-1-2-4-20(19)25-21/h1-8,13,18H,9-12,14-15H2. The molecule has 2 aliphatic heterocycles. The second-order valence-electron chi connectivity index (χ2n) is 7.61. The first-order valence-corrected chi connectivity index (χ1v) is 9.93. The van der Waals surface area contributed by atoms with Crippen LogP contribution in [0, 0.1) is 5.82 Å². The van der Waals surface area contributed by atoms with Gasteiger partial charge < -0.3 is 9.80 Å². The zero-order chi connectivity index (χ0) is 19.8. The molecule has 2 fully saturated rings. The SMILES string of the molecule is O=C(c1cnc2ccccc2n1)N1CC(N2CCN(c3ccc(F)cc3)CC2)C1. The molecule has 29 heavy (non-hydrogen) atoms. The largest absolute Gasteiger partial charge is 0.369 e. The van der Waals surface area contributed by atoms with Crippen LogP contribution in [0.5, 0.6) is 0 Å². The highest BCUT2D eigenvalue weighted by molar-refractivity contribution is 5.94. The summed E-state index contributed by atoms with van der Waals surface area (Å²) in [5.41, 5.74) is 3.01. The second-order valence-corrected chi connectivity index (χ2v) is 7.61. The fourth-order valence-electron chi connectivity index (χ4n) is 4.07. The maximum atomic E-state index is 13.1. The Labute approximate surface area is 168 Å². The van der Waals surface area contributed by atoms with Gasteiger partial charge in [0.1, 0.15) is 11.5 Å². The van der Waals surface area contributed by atoms with E-state index in [9.17, 15) is 9.18 Å². The van der Waals surface area contributed by atoms with Gasteiger partial charge in [-0.3, -0.25) is 14.7 Å². The number of amides is 1. The molecule has 3 aromatic rings. The van der Waals surface area contributed by atoms with Crippen LogP contribution in [0.1, 0.15) is 10.5 Å². The number of carbonyl (C=O) groups is 1. The number of hydrogen-bond acceptors (Lipinski definition) is 5. The van der Waals surface area contributed by atoms with Crippen molar-refractivity contribution >= 4 is 22.6 Å². The third kappa shape index (κ3) is 3.53. The number of hydrogen-bond donors (Lipinski definition) is 0. The third-order valence-electron chi connectivity index (χ3n) is 5.84. The first kappa shape index (κ1) is 18.0. The van der Waals surface area contributed by atoms with E-state index in [1.165, 1.54) is 12.1 Å². The monoisotopic (exact) mass is 391 g/mol. The molecule has 0 bridgehead atoms. The Morgan fingerprint density at radius 2 is 1.62 bits per heavy atom. The van der Waals surface area contributed by atoms with Crippen molar-refractivity contribution in [3.05, 3.63) is 66.2 Å². The summed E-state index contributed by atoms with van der Waals surface area (Å²) in [5.74, 6) is -0.257. The molecule has 2 saturated heterocycles. The van der Waals surface area contributed by atoms with Crippen LogP contribution in [0.3, 0.4) is 0 Å². The van der Waals surface area contributed by atoms with Crippen molar-refractivity contribution in [1.29, 1.82) is 0 Å².